The third kappa shape index (κ3) is 4.33. The van der Waals surface area contributed by atoms with Crippen molar-refractivity contribution in [1.29, 1.82) is 0 Å². The summed E-state index contributed by atoms with van der Waals surface area (Å²) in [7, 11) is 0. The van der Waals surface area contributed by atoms with E-state index in [2.05, 4.69) is 169 Å². The number of nitrogens with zero attached hydrogens (tertiary/aromatic N) is 1. The first-order chi connectivity index (χ1) is 20.8. The minimum atomic E-state index is 0.306. The van der Waals surface area contributed by atoms with Crippen LogP contribution in [-0.2, 0) is 0 Å². The molecule has 1 heterocycles. The molecule has 0 amide bonds. The molecule has 0 spiro atoms. The molecule has 0 aliphatic heterocycles. The molecule has 0 atom stereocenters. The van der Waals surface area contributed by atoms with Gasteiger partial charge in [0, 0.05) is 0 Å². The van der Waals surface area contributed by atoms with Gasteiger partial charge in [0.05, 0.1) is 0 Å². The van der Waals surface area contributed by atoms with Crippen LogP contribution in [0.2, 0.25) is 0 Å². The largest absolute Gasteiger partial charge is 0.0617 e. The first-order valence-corrected chi connectivity index (χ1v) is 16.0. The van der Waals surface area contributed by atoms with Gasteiger partial charge < -0.3 is 0 Å². The van der Waals surface area contributed by atoms with E-state index < -0.39 is 0 Å². The third-order valence-corrected chi connectivity index (χ3v) is 10.6. The molecule has 0 aliphatic carbocycles. The molecule has 198 valence electrons. The molecule has 0 saturated carbocycles. The van der Waals surface area contributed by atoms with E-state index in [0.717, 1.165) is 11.4 Å². The molecule has 2 heteroatoms. The molecular formula is C40H27NSe. The molecule has 1 nitrogen and oxygen atoms in total. The molecule has 8 rings (SSSR count). The standard InChI is InChI=1S/C40H27NSe/c1-3-11-28(12-4-1)29-19-23-33(24-20-29)41(32-14-5-2-6-15-32)38-18-10-9-16-34(38)31-22-26-39-37(27-31)36-25-21-30-13-7-8-17-35(30)40(36)42-39/h1-27H. The first-order valence-electron chi connectivity index (χ1n) is 14.3. The van der Waals surface area contributed by atoms with Crippen molar-refractivity contribution < 1.29 is 0 Å². The third-order valence-electron chi connectivity index (χ3n) is 8.06. The van der Waals surface area contributed by atoms with Crippen molar-refractivity contribution in [3.8, 4) is 22.3 Å². The molecule has 0 fully saturated rings. The maximum absolute atomic E-state index is 2.41. The summed E-state index contributed by atoms with van der Waals surface area (Å²) in [5.41, 5.74) is 8.34. The molecule has 0 bridgehead atoms. The average Bonchev–Trinajstić information content (AvgIpc) is 3.45. The van der Waals surface area contributed by atoms with Crippen LogP contribution < -0.4 is 4.90 Å². The van der Waals surface area contributed by atoms with Gasteiger partial charge in [-0.2, -0.15) is 0 Å². The number of benzene rings is 7. The van der Waals surface area contributed by atoms with E-state index >= 15 is 0 Å². The Kier molecular flexibility index (Phi) is 6.22. The van der Waals surface area contributed by atoms with Crippen molar-refractivity contribution in [3.63, 3.8) is 0 Å². The van der Waals surface area contributed by atoms with Gasteiger partial charge in [0.15, 0.2) is 0 Å². The van der Waals surface area contributed by atoms with Crippen LogP contribution in [-0.4, -0.2) is 14.5 Å². The number of para-hydroxylation sites is 2. The fourth-order valence-electron chi connectivity index (χ4n) is 6.02. The summed E-state index contributed by atoms with van der Waals surface area (Å²) in [6.45, 7) is 0. The summed E-state index contributed by atoms with van der Waals surface area (Å²) in [4.78, 5) is 2.38. The zero-order valence-electron chi connectivity index (χ0n) is 22.9. The van der Waals surface area contributed by atoms with Crippen molar-refractivity contribution in [2.24, 2.45) is 0 Å². The van der Waals surface area contributed by atoms with Crippen LogP contribution >= 0.6 is 0 Å². The van der Waals surface area contributed by atoms with Gasteiger partial charge in [-0.3, -0.25) is 0 Å². The summed E-state index contributed by atoms with van der Waals surface area (Å²) in [5.74, 6) is 0. The Hall–Kier alpha value is -4.88. The molecule has 0 radical (unpaired) electrons. The van der Waals surface area contributed by atoms with E-state index in [9.17, 15) is 0 Å². The molecule has 0 aliphatic rings. The van der Waals surface area contributed by atoms with Gasteiger partial charge in [-0.05, 0) is 0 Å². The van der Waals surface area contributed by atoms with Gasteiger partial charge in [0.1, 0.15) is 0 Å². The van der Waals surface area contributed by atoms with E-state index in [-0.39, 0.29) is 0 Å². The summed E-state index contributed by atoms with van der Waals surface area (Å²) >= 11 is 0.306. The predicted octanol–water partition coefficient (Wildman–Crippen LogP) is 11.0. The first kappa shape index (κ1) is 24.9. The maximum atomic E-state index is 2.41. The Morgan fingerprint density at radius 1 is 0.405 bits per heavy atom. The van der Waals surface area contributed by atoms with Gasteiger partial charge in [0.25, 0.3) is 0 Å². The molecular weight excluding hydrogens is 573 g/mol. The second-order valence-corrected chi connectivity index (χ2v) is 12.8. The smallest absolute Gasteiger partial charge is 0.0544 e. The number of fused-ring (bicyclic) bond motifs is 5. The molecule has 42 heavy (non-hydrogen) atoms. The fraction of sp³-hybridized carbons (Fsp3) is 0. The van der Waals surface area contributed by atoms with Crippen LogP contribution in [0.3, 0.4) is 0 Å². The van der Waals surface area contributed by atoms with Gasteiger partial charge in [-0.25, -0.2) is 0 Å². The maximum Gasteiger partial charge on any atom is -0.0544 e. The topological polar surface area (TPSA) is 3.24 Å². The Morgan fingerprint density at radius 2 is 1.05 bits per heavy atom. The molecule has 0 saturated heterocycles. The van der Waals surface area contributed by atoms with E-state index in [1.54, 1.807) is 0 Å². The van der Waals surface area contributed by atoms with Crippen LogP contribution in [0.5, 0.6) is 0 Å². The number of hydrogen-bond acceptors (Lipinski definition) is 1. The van der Waals surface area contributed by atoms with E-state index in [0.29, 0.717) is 14.5 Å². The quantitative estimate of drug-likeness (QED) is 0.178. The Labute approximate surface area is 251 Å². The minimum Gasteiger partial charge on any atom is -0.0617 e. The number of rotatable bonds is 5. The molecule has 1 aromatic heterocycles. The minimum absolute atomic E-state index is 0.306. The van der Waals surface area contributed by atoms with Crippen molar-refractivity contribution >= 4 is 61.6 Å². The number of hydrogen-bond donors (Lipinski definition) is 0. The van der Waals surface area contributed by atoms with Crippen LogP contribution in [0, 0.1) is 0 Å². The van der Waals surface area contributed by atoms with Gasteiger partial charge in [-0.15, -0.1) is 0 Å². The average molecular weight is 601 g/mol. The Bertz CT molecular complexity index is 2180. The molecule has 8 aromatic rings. The second kappa shape index (κ2) is 10.5. The van der Waals surface area contributed by atoms with E-state index in [4.69, 9.17) is 0 Å². The predicted molar refractivity (Wildman–Crippen MR) is 181 cm³/mol. The second-order valence-electron chi connectivity index (χ2n) is 10.6. The summed E-state index contributed by atoms with van der Waals surface area (Å²) < 4.78 is 2.97. The van der Waals surface area contributed by atoms with Crippen molar-refractivity contribution in [2.45, 2.75) is 0 Å². The SMILES string of the molecule is c1ccc(-c2ccc(N(c3ccccc3)c3ccccc3-c3ccc4[se]c5c6ccccc6ccc5c4c3)cc2)cc1. The van der Waals surface area contributed by atoms with Crippen LogP contribution in [0.1, 0.15) is 0 Å². The summed E-state index contributed by atoms with van der Waals surface area (Å²) in [6, 6.07) is 59.4. The van der Waals surface area contributed by atoms with Crippen LogP contribution in [0.25, 0.3) is 52.3 Å². The summed E-state index contributed by atoms with van der Waals surface area (Å²) in [6.07, 6.45) is 0. The zero-order valence-corrected chi connectivity index (χ0v) is 24.7. The van der Waals surface area contributed by atoms with Crippen molar-refractivity contribution in [1.82, 2.24) is 0 Å². The monoisotopic (exact) mass is 601 g/mol. The zero-order chi connectivity index (χ0) is 27.9. The van der Waals surface area contributed by atoms with Crippen molar-refractivity contribution in [2.75, 3.05) is 4.90 Å². The molecule has 0 unspecified atom stereocenters. The molecule has 7 aromatic carbocycles. The van der Waals surface area contributed by atoms with Crippen molar-refractivity contribution in [3.05, 3.63) is 164 Å². The van der Waals surface area contributed by atoms with Gasteiger partial charge in [-0.1, -0.05) is 30.3 Å². The van der Waals surface area contributed by atoms with E-state index in [1.165, 1.54) is 58.0 Å². The van der Waals surface area contributed by atoms with Crippen LogP contribution in [0.15, 0.2) is 164 Å². The number of anilines is 3. The normalized spacial score (nSPS) is 11.3. The fourth-order valence-corrected chi connectivity index (χ4v) is 8.58. The van der Waals surface area contributed by atoms with E-state index in [1.807, 2.05) is 0 Å². The van der Waals surface area contributed by atoms with Crippen LogP contribution in [0.4, 0.5) is 17.1 Å². The van der Waals surface area contributed by atoms with Gasteiger partial charge in [0.2, 0.25) is 0 Å². The molecule has 0 N–H and O–H groups in total. The summed E-state index contributed by atoms with van der Waals surface area (Å²) in [5, 5.41) is 5.48. The van der Waals surface area contributed by atoms with Gasteiger partial charge >= 0.3 is 222 Å². The Morgan fingerprint density at radius 3 is 1.88 bits per heavy atom. The Balaban J connectivity index is 1.28.